The van der Waals surface area contributed by atoms with Gasteiger partial charge in [0.25, 0.3) is 0 Å². The molecule has 0 aliphatic carbocycles. The minimum atomic E-state index is 0.504. The van der Waals surface area contributed by atoms with E-state index in [0.717, 1.165) is 6.54 Å². The van der Waals surface area contributed by atoms with E-state index in [1.165, 1.54) is 39.9 Å². The Balaban J connectivity index is 1.85. The van der Waals surface area contributed by atoms with Crippen molar-refractivity contribution in [3.05, 3.63) is 77.4 Å². The van der Waals surface area contributed by atoms with Crippen LogP contribution < -0.4 is 0 Å². The van der Waals surface area contributed by atoms with E-state index in [1.807, 2.05) is 0 Å². The smallest absolute Gasteiger partial charge is 0.0578 e. The zero-order valence-electron chi connectivity index (χ0n) is 14.8. The molecule has 2 aliphatic heterocycles. The lowest BCUT2D eigenvalue weighted by Crippen LogP contribution is -2.28. The second-order valence-electron chi connectivity index (χ2n) is 7.19. The van der Waals surface area contributed by atoms with Crippen LogP contribution in [-0.2, 0) is 0 Å². The molecule has 0 N–H and O–H groups in total. The van der Waals surface area contributed by atoms with Crippen molar-refractivity contribution < 1.29 is 0 Å². The standard InChI is InChI=1S/C23H25N/c1-4-17(3)23-20-12-11-19(18-8-6-5-7-9-18)14-21(20)22-13-10-16(2)15-24(22)23/h5-14,17,23H,4,15H2,1-3H3/t17-,23+/m0/s1. The summed E-state index contributed by atoms with van der Waals surface area (Å²) in [5.74, 6) is 0.656. The van der Waals surface area contributed by atoms with Crippen LogP contribution in [0.15, 0.2) is 66.3 Å². The molecule has 2 atom stereocenters. The lowest BCUT2D eigenvalue weighted by atomic mass is 9.90. The van der Waals surface area contributed by atoms with Gasteiger partial charge in [-0.25, -0.2) is 0 Å². The Morgan fingerprint density at radius 1 is 1.04 bits per heavy atom. The van der Waals surface area contributed by atoms with E-state index in [1.54, 1.807) is 0 Å². The van der Waals surface area contributed by atoms with E-state index in [4.69, 9.17) is 0 Å². The summed E-state index contributed by atoms with van der Waals surface area (Å²) in [6.07, 6.45) is 5.80. The minimum Gasteiger partial charge on any atom is -0.360 e. The first-order valence-corrected chi connectivity index (χ1v) is 9.03. The van der Waals surface area contributed by atoms with E-state index >= 15 is 0 Å². The van der Waals surface area contributed by atoms with Gasteiger partial charge in [-0.3, -0.25) is 0 Å². The summed E-state index contributed by atoms with van der Waals surface area (Å²) in [6, 6.07) is 18.2. The maximum Gasteiger partial charge on any atom is 0.0578 e. The summed E-state index contributed by atoms with van der Waals surface area (Å²) in [5.41, 5.74) is 8.37. The molecule has 2 aliphatic rings. The van der Waals surface area contributed by atoms with Gasteiger partial charge in [0, 0.05) is 17.8 Å². The summed E-state index contributed by atoms with van der Waals surface area (Å²) in [4.78, 5) is 2.61. The maximum atomic E-state index is 2.61. The van der Waals surface area contributed by atoms with Crippen LogP contribution >= 0.6 is 0 Å². The number of benzene rings is 2. The lowest BCUT2D eigenvalue weighted by molar-refractivity contribution is 0.249. The first-order valence-electron chi connectivity index (χ1n) is 9.03. The van der Waals surface area contributed by atoms with Gasteiger partial charge in [-0.05, 0) is 41.7 Å². The summed E-state index contributed by atoms with van der Waals surface area (Å²) >= 11 is 0. The van der Waals surface area contributed by atoms with Gasteiger partial charge in [-0.15, -0.1) is 0 Å². The van der Waals surface area contributed by atoms with E-state index in [9.17, 15) is 0 Å². The SMILES string of the molecule is CC[C@H](C)[C@@H]1c2ccc(-c3ccccc3)cc2C2=CC=C(C)CN21. The highest BCUT2D eigenvalue weighted by atomic mass is 15.2. The number of hydrogen-bond donors (Lipinski definition) is 0. The average Bonchev–Trinajstić information content (AvgIpc) is 2.94. The minimum absolute atomic E-state index is 0.504. The number of rotatable bonds is 3. The van der Waals surface area contributed by atoms with Gasteiger partial charge < -0.3 is 4.90 Å². The van der Waals surface area contributed by atoms with Crippen LogP contribution in [0.4, 0.5) is 0 Å². The fourth-order valence-electron chi connectivity index (χ4n) is 4.07. The lowest BCUT2D eigenvalue weighted by Gasteiger charge is -2.34. The first kappa shape index (κ1) is 15.3. The first-order chi connectivity index (χ1) is 11.7. The van der Waals surface area contributed by atoms with Crippen LogP contribution in [0, 0.1) is 5.92 Å². The predicted molar refractivity (Wildman–Crippen MR) is 103 cm³/mol. The summed E-state index contributed by atoms with van der Waals surface area (Å²) < 4.78 is 0. The van der Waals surface area contributed by atoms with Crippen molar-refractivity contribution in [2.24, 2.45) is 5.92 Å². The molecular formula is C23H25N. The quantitative estimate of drug-likeness (QED) is 0.665. The van der Waals surface area contributed by atoms with E-state index in [0.29, 0.717) is 12.0 Å². The third-order valence-electron chi connectivity index (χ3n) is 5.53. The van der Waals surface area contributed by atoms with Crippen LogP contribution in [-0.4, -0.2) is 11.4 Å². The zero-order valence-corrected chi connectivity index (χ0v) is 14.8. The van der Waals surface area contributed by atoms with Gasteiger partial charge in [0.15, 0.2) is 0 Å². The van der Waals surface area contributed by atoms with Crippen molar-refractivity contribution in [1.29, 1.82) is 0 Å². The third-order valence-corrected chi connectivity index (χ3v) is 5.53. The van der Waals surface area contributed by atoms with Crippen LogP contribution in [0.3, 0.4) is 0 Å². The number of allylic oxidation sites excluding steroid dienone is 2. The molecule has 0 aromatic heterocycles. The largest absolute Gasteiger partial charge is 0.360 e. The fourth-order valence-corrected chi connectivity index (χ4v) is 4.07. The van der Waals surface area contributed by atoms with Crippen LogP contribution in [0.1, 0.15) is 44.4 Å². The molecular weight excluding hydrogens is 290 g/mol. The fraction of sp³-hybridized carbons (Fsp3) is 0.304. The Hall–Kier alpha value is -2.28. The van der Waals surface area contributed by atoms with Crippen molar-refractivity contribution in [3.63, 3.8) is 0 Å². The molecule has 0 unspecified atom stereocenters. The van der Waals surface area contributed by atoms with Crippen molar-refractivity contribution in [2.45, 2.75) is 33.2 Å². The molecule has 2 aromatic carbocycles. The molecule has 0 radical (unpaired) electrons. The summed E-state index contributed by atoms with van der Waals surface area (Å²) in [7, 11) is 0. The Kier molecular flexibility index (Phi) is 3.80. The summed E-state index contributed by atoms with van der Waals surface area (Å²) in [6.45, 7) is 7.97. The van der Waals surface area contributed by atoms with Gasteiger partial charge in [0.05, 0.1) is 6.04 Å². The van der Waals surface area contributed by atoms with Crippen LogP contribution in [0.25, 0.3) is 16.8 Å². The Morgan fingerprint density at radius 3 is 2.58 bits per heavy atom. The summed E-state index contributed by atoms with van der Waals surface area (Å²) in [5, 5.41) is 0. The van der Waals surface area contributed by atoms with Crippen molar-refractivity contribution in [2.75, 3.05) is 6.54 Å². The van der Waals surface area contributed by atoms with E-state index in [-0.39, 0.29) is 0 Å². The highest BCUT2D eigenvalue weighted by molar-refractivity contribution is 5.79. The molecule has 0 fully saturated rings. The van der Waals surface area contributed by atoms with Gasteiger partial charge in [-0.1, -0.05) is 74.4 Å². The van der Waals surface area contributed by atoms with E-state index in [2.05, 4.69) is 86.4 Å². The molecule has 1 nitrogen and oxygen atoms in total. The number of fused-ring (bicyclic) bond motifs is 3. The predicted octanol–water partition coefficient (Wildman–Crippen LogP) is 6.06. The van der Waals surface area contributed by atoms with E-state index < -0.39 is 0 Å². The van der Waals surface area contributed by atoms with Crippen molar-refractivity contribution in [1.82, 2.24) is 4.90 Å². The molecule has 24 heavy (non-hydrogen) atoms. The molecule has 0 spiro atoms. The van der Waals surface area contributed by atoms with Crippen molar-refractivity contribution in [3.8, 4) is 11.1 Å². The van der Waals surface area contributed by atoms with Crippen molar-refractivity contribution >= 4 is 5.70 Å². The van der Waals surface area contributed by atoms with Gasteiger partial charge >= 0.3 is 0 Å². The Labute approximate surface area is 145 Å². The van der Waals surface area contributed by atoms with Crippen LogP contribution in [0.2, 0.25) is 0 Å². The zero-order chi connectivity index (χ0) is 16.7. The monoisotopic (exact) mass is 315 g/mol. The second kappa shape index (κ2) is 5.98. The topological polar surface area (TPSA) is 3.24 Å². The number of nitrogens with zero attached hydrogens (tertiary/aromatic N) is 1. The molecule has 0 saturated carbocycles. The maximum absolute atomic E-state index is 2.61. The highest BCUT2D eigenvalue weighted by Crippen LogP contribution is 2.48. The normalized spacial score (nSPS) is 20.1. The molecule has 122 valence electrons. The second-order valence-corrected chi connectivity index (χ2v) is 7.19. The molecule has 0 amide bonds. The molecule has 0 bridgehead atoms. The number of hydrogen-bond acceptors (Lipinski definition) is 1. The molecule has 1 heteroatoms. The Morgan fingerprint density at radius 2 is 1.83 bits per heavy atom. The molecule has 4 rings (SSSR count). The van der Waals surface area contributed by atoms with Crippen LogP contribution in [0.5, 0.6) is 0 Å². The van der Waals surface area contributed by atoms with Gasteiger partial charge in [0.1, 0.15) is 0 Å². The average molecular weight is 315 g/mol. The van der Waals surface area contributed by atoms with Gasteiger partial charge in [0.2, 0.25) is 0 Å². The molecule has 2 heterocycles. The Bertz CT molecular complexity index is 813. The van der Waals surface area contributed by atoms with Gasteiger partial charge in [-0.2, -0.15) is 0 Å². The third kappa shape index (κ3) is 2.39. The molecule has 2 aromatic rings. The highest BCUT2D eigenvalue weighted by Gasteiger charge is 2.37. The molecule has 0 saturated heterocycles.